The van der Waals surface area contributed by atoms with Gasteiger partial charge in [-0.25, -0.2) is 0 Å². The molecule has 0 atom stereocenters. The molecule has 8 rings (SSSR count). The Bertz CT molecular complexity index is 1960. The molecule has 0 unspecified atom stereocenters. The normalized spacial score (nSPS) is 12.2. The highest BCUT2D eigenvalue weighted by Crippen LogP contribution is 2.49. The first-order valence-electron chi connectivity index (χ1n) is 13.0. The van der Waals surface area contributed by atoms with Gasteiger partial charge >= 0.3 is 0 Å². The van der Waals surface area contributed by atoms with Crippen LogP contribution in [0.5, 0.6) is 0 Å². The van der Waals surface area contributed by atoms with E-state index in [9.17, 15) is 0 Å². The SMILES string of the molecule is c1ccc(-c2ccc(N3c4ccccc4-c4ccccc4-n4c3cc3cc5ccccc5cc34)cc2)cc1. The molecule has 2 heterocycles. The molecule has 0 spiro atoms. The zero-order valence-corrected chi connectivity index (χ0v) is 20.8. The molecular weight excluding hydrogens is 460 g/mol. The molecule has 0 radical (unpaired) electrons. The van der Waals surface area contributed by atoms with Gasteiger partial charge in [-0.05, 0) is 64.4 Å². The summed E-state index contributed by atoms with van der Waals surface area (Å²) in [5.74, 6) is 1.14. The molecule has 0 amide bonds. The number of fused-ring (bicyclic) bond motifs is 8. The van der Waals surface area contributed by atoms with Crippen molar-refractivity contribution in [2.75, 3.05) is 4.90 Å². The molecule has 1 aliphatic heterocycles. The Labute approximate surface area is 221 Å². The lowest BCUT2D eigenvalue weighted by molar-refractivity contribution is 1.09. The van der Waals surface area contributed by atoms with Crippen molar-refractivity contribution >= 4 is 38.9 Å². The van der Waals surface area contributed by atoms with E-state index >= 15 is 0 Å². The van der Waals surface area contributed by atoms with Gasteiger partial charge < -0.3 is 0 Å². The number of para-hydroxylation sites is 2. The van der Waals surface area contributed by atoms with Crippen molar-refractivity contribution in [3.05, 3.63) is 146 Å². The number of rotatable bonds is 2. The van der Waals surface area contributed by atoms with Crippen molar-refractivity contribution < 1.29 is 0 Å². The second-order valence-electron chi connectivity index (χ2n) is 9.88. The minimum atomic E-state index is 1.14. The summed E-state index contributed by atoms with van der Waals surface area (Å²) in [7, 11) is 0. The van der Waals surface area contributed by atoms with Crippen LogP contribution in [0.2, 0.25) is 0 Å². The van der Waals surface area contributed by atoms with Crippen LogP contribution in [0.25, 0.3) is 49.6 Å². The highest BCUT2D eigenvalue weighted by atomic mass is 15.3. The highest BCUT2D eigenvalue weighted by Gasteiger charge is 2.27. The van der Waals surface area contributed by atoms with Crippen molar-refractivity contribution in [1.82, 2.24) is 4.57 Å². The van der Waals surface area contributed by atoms with Crippen LogP contribution in [0.15, 0.2) is 146 Å². The average molecular weight is 485 g/mol. The second-order valence-corrected chi connectivity index (χ2v) is 9.88. The minimum absolute atomic E-state index is 1.14. The summed E-state index contributed by atoms with van der Waals surface area (Å²) >= 11 is 0. The Kier molecular flexibility index (Phi) is 4.55. The first kappa shape index (κ1) is 21.0. The van der Waals surface area contributed by atoms with E-state index < -0.39 is 0 Å². The summed E-state index contributed by atoms with van der Waals surface area (Å²) in [4.78, 5) is 2.41. The van der Waals surface area contributed by atoms with Crippen LogP contribution in [0, 0.1) is 0 Å². The molecule has 2 heteroatoms. The predicted octanol–water partition coefficient (Wildman–Crippen LogP) is 9.90. The maximum absolute atomic E-state index is 2.43. The lowest BCUT2D eigenvalue weighted by atomic mass is 10.0. The Morgan fingerprint density at radius 3 is 1.74 bits per heavy atom. The Balaban J connectivity index is 1.43. The quantitative estimate of drug-likeness (QED) is 0.237. The van der Waals surface area contributed by atoms with Gasteiger partial charge in [0, 0.05) is 22.2 Å². The predicted molar refractivity (Wildman–Crippen MR) is 160 cm³/mol. The number of aromatic nitrogens is 1. The van der Waals surface area contributed by atoms with Crippen LogP contribution in [-0.4, -0.2) is 4.57 Å². The van der Waals surface area contributed by atoms with Crippen molar-refractivity contribution in [2.24, 2.45) is 0 Å². The lowest BCUT2D eigenvalue weighted by Gasteiger charge is -2.26. The van der Waals surface area contributed by atoms with Gasteiger partial charge in [0.15, 0.2) is 0 Å². The molecule has 2 nitrogen and oxygen atoms in total. The summed E-state index contributed by atoms with van der Waals surface area (Å²) < 4.78 is 2.43. The van der Waals surface area contributed by atoms with Gasteiger partial charge in [0.25, 0.3) is 0 Å². The topological polar surface area (TPSA) is 8.17 Å². The molecule has 0 N–H and O–H groups in total. The van der Waals surface area contributed by atoms with Gasteiger partial charge in [0.2, 0.25) is 0 Å². The molecule has 0 bridgehead atoms. The van der Waals surface area contributed by atoms with Crippen molar-refractivity contribution in [1.29, 1.82) is 0 Å². The number of benzene rings is 6. The molecule has 0 saturated heterocycles. The van der Waals surface area contributed by atoms with Gasteiger partial charge in [0.1, 0.15) is 5.82 Å². The molecule has 178 valence electrons. The van der Waals surface area contributed by atoms with E-state index in [2.05, 4.69) is 155 Å². The average Bonchev–Trinajstić information content (AvgIpc) is 3.29. The molecule has 1 aliphatic rings. The number of hydrogen-bond donors (Lipinski definition) is 0. The first-order valence-corrected chi connectivity index (χ1v) is 13.0. The highest BCUT2D eigenvalue weighted by molar-refractivity contribution is 6.04. The van der Waals surface area contributed by atoms with Crippen LogP contribution in [0.3, 0.4) is 0 Å². The first-order chi connectivity index (χ1) is 18.8. The fourth-order valence-electron chi connectivity index (χ4n) is 5.92. The lowest BCUT2D eigenvalue weighted by Crippen LogP contribution is -2.12. The van der Waals surface area contributed by atoms with E-state index in [1.807, 2.05) is 0 Å². The summed E-state index contributed by atoms with van der Waals surface area (Å²) in [6.45, 7) is 0. The van der Waals surface area contributed by atoms with Crippen LogP contribution >= 0.6 is 0 Å². The van der Waals surface area contributed by atoms with Crippen LogP contribution < -0.4 is 4.90 Å². The monoisotopic (exact) mass is 484 g/mol. The van der Waals surface area contributed by atoms with E-state index in [1.165, 1.54) is 55.3 Å². The fourth-order valence-corrected chi connectivity index (χ4v) is 5.92. The second kappa shape index (κ2) is 8.22. The molecule has 0 fully saturated rings. The third kappa shape index (κ3) is 3.14. The molecule has 6 aromatic carbocycles. The van der Waals surface area contributed by atoms with E-state index in [4.69, 9.17) is 0 Å². The van der Waals surface area contributed by atoms with E-state index in [-0.39, 0.29) is 0 Å². The van der Waals surface area contributed by atoms with Gasteiger partial charge in [-0.15, -0.1) is 0 Å². The van der Waals surface area contributed by atoms with Crippen molar-refractivity contribution in [2.45, 2.75) is 0 Å². The Morgan fingerprint density at radius 1 is 0.395 bits per heavy atom. The maximum atomic E-state index is 2.43. The van der Waals surface area contributed by atoms with Gasteiger partial charge in [-0.2, -0.15) is 0 Å². The van der Waals surface area contributed by atoms with E-state index in [0.717, 1.165) is 11.5 Å². The minimum Gasteiger partial charge on any atom is -0.295 e. The maximum Gasteiger partial charge on any atom is 0.123 e. The third-order valence-electron chi connectivity index (χ3n) is 7.69. The van der Waals surface area contributed by atoms with Gasteiger partial charge in [0.05, 0.1) is 16.9 Å². The molecular formula is C36H24N2. The molecule has 38 heavy (non-hydrogen) atoms. The van der Waals surface area contributed by atoms with E-state index in [1.54, 1.807) is 0 Å². The van der Waals surface area contributed by atoms with Crippen LogP contribution in [0.1, 0.15) is 0 Å². The molecule has 0 saturated carbocycles. The smallest absolute Gasteiger partial charge is 0.123 e. The standard InChI is InChI=1S/C36H24N2/c1-2-10-25(11-3-1)26-18-20-30(21-19-26)37-33-16-8-6-14-31(33)32-15-7-9-17-34(32)38-35-23-28-13-5-4-12-27(28)22-29(35)24-36(37)38/h1-24H. The molecule has 0 aliphatic carbocycles. The summed E-state index contributed by atoms with van der Waals surface area (Å²) in [6, 6.07) is 52.6. The van der Waals surface area contributed by atoms with Crippen LogP contribution in [0.4, 0.5) is 17.2 Å². The summed E-state index contributed by atoms with van der Waals surface area (Å²) in [5.41, 5.74) is 9.63. The third-order valence-corrected chi connectivity index (χ3v) is 7.69. The molecule has 7 aromatic rings. The Hall–Kier alpha value is -5.08. The largest absolute Gasteiger partial charge is 0.295 e. The van der Waals surface area contributed by atoms with Crippen LogP contribution in [-0.2, 0) is 0 Å². The number of hydrogen-bond acceptors (Lipinski definition) is 1. The zero-order chi connectivity index (χ0) is 25.1. The Morgan fingerprint density at radius 2 is 0.974 bits per heavy atom. The van der Waals surface area contributed by atoms with Crippen molar-refractivity contribution in [3.8, 4) is 27.9 Å². The zero-order valence-electron chi connectivity index (χ0n) is 20.8. The fraction of sp³-hybridized carbons (Fsp3) is 0. The van der Waals surface area contributed by atoms with Gasteiger partial charge in [-0.3, -0.25) is 9.47 Å². The number of nitrogens with zero attached hydrogens (tertiary/aromatic N) is 2. The number of anilines is 3. The summed E-state index contributed by atoms with van der Waals surface area (Å²) in [6.07, 6.45) is 0. The van der Waals surface area contributed by atoms with Gasteiger partial charge in [-0.1, -0.05) is 103 Å². The van der Waals surface area contributed by atoms with E-state index in [0.29, 0.717) is 0 Å². The van der Waals surface area contributed by atoms with Crippen molar-refractivity contribution in [3.63, 3.8) is 0 Å². The summed E-state index contributed by atoms with van der Waals surface area (Å²) in [5, 5.41) is 3.74. The molecule has 1 aromatic heterocycles.